The van der Waals surface area contributed by atoms with Crippen LogP contribution in [0.2, 0.25) is 0 Å². The van der Waals surface area contributed by atoms with Crippen molar-refractivity contribution < 1.29 is 17.9 Å². The molecule has 1 amide bonds. The Morgan fingerprint density at radius 2 is 1.62 bits per heavy atom. The lowest BCUT2D eigenvalue weighted by atomic mass is 10.1. The van der Waals surface area contributed by atoms with E-state index in [1.54, 1.807) is 36.4 Å². The number of methoxy groups -OCH3 is 1. The second kappa shape index (κ2) is 7.78. The maximum atomic E-state index is 12.4. The largest absolute Gasteiger partial charge is 0.497 e. The van der Waals surface area contributed by atoms with Crippen LogP contribution in [0.3, 0.4) is 0 Å². The zero-order valence-electron chi connectivity index (χ0n) is 14.6. The lowest BCUT2D eigenvalue weighted by Crippen LogP contribution is -2.32. The van der Waals surface area contributed by atoms with Crippen LogP contribution in [0.4, 0.5) is 5.69 Å². The number of carbonyl (C=O) groups excluding carboxylic acids is 1. The van der Waals surface area contributed by atoms with E-state index in [2.05, 4.69) is 10.0 Å². The number of hydrogen-bond acceptors (Lipinski definition) is 4. The van der Waals surface area contributed by atoms with Crippen molar-refractivity contribution in [2.75, 3.05) is 11.8 Å². The predicted octanol–water partition coefficient (Wildman–Crippen LogP) is 3.17. The average Bonchev–Trinajstić information content (AvgIpc) is 3.15. The van der Waals surface area contributed by atoms with Crippen LogP contribution in [0.25, 0.3) is 0 Å². The van der Waals surface area contributed by atoms with E-state index in [9.17, 15) is 13.2 Å². The monoisotopic (exact) mass is 374 g/mol. The molecule has 0 radical (unpaired) electrons. The molecule has 1 saturated carbocycles. The fraction of sp³-hybridized carbons (Fsp3) is 0.316. The zero-order chi connectivity index (χ0) is 18.6. The summed E-state index contributed by atoms with van der Waals surface area (Å²) in [5.41, 5.74) is 0.919. The normalized spacial score (nSPS) is 14.8. The van der Waals surface area contributed by atoms with Gasteiger partial charge in [-0.25, -0.2) is 8.42 Å². The molecule has 3 rings (SSSR count). The van der Waals surface area contributed by atoms with Gasteiger partial charge in [0.15, 0.2) is 0 Å². The van der Waals surface area contributed by atoms with Crippen LogP contribution in [0, 0.1) is 0 Å². The first-order valence-electron chi connectivity index (χ1n) is 8.56. The topological polar surface area (TPSA) is 84.5 Å². The van der Waals surface area contributed by atoms with Gasteiger partial charge in [-0.05, 0) is 61.4 Å². The number of benzene rings is 2. The highest BCUT2D eigenvalue weighted by atomic mass is 32.2. The SMILES string of the molecule is COc1ccc(S(=O)(=O)Nc2ccc(C(=O)NC3CCCC3)cc2)cc1. The third kappa shape index (κ3) is 4.35. The molecule has 2 aromatic carbocycles. The first-order chi connectivity index (χ1) is 12.5. The number of carbonyl (C=O) groups is 1. The summed E-state index contributed by atoms with van der Waals surface area (Å²) in [7, 11) is -2.18. The fourth-order valence-corrected chi connectivity index (χ4v) is 4.06. The van der Waals surface area contributed by atoms with Gasteiger partial charge in [-0.3, -0.25) is 9.52 Å². The van der Waals surface area contributed by atoms with E-state index in [-0.39, 0.29) is 16.8 Å². The lowest BCUT2D eigenvalue weighted by molar-refractivity contribution is 0.0938. The second-order valence-corrected chi connectivity index (χ2v) is 8.00. The molecule has 6 nitrogen and oxygen atoms in total. The maximum absolute atomic E-state index is 12.4. The number of anilines is 1. The minimum Gasteiger partial charge on any atom is -0.497 e. The molecular weight excluding hydrogens is 352 g/mol. The van der Waals surface area contributed by atoms with Crippen molar-refractivity contribution in [3.8, 4) is 5.75 Å². The first kappa shape index (κ1) is 18.3. The lowest BCUT2D eigenvalue weighted by Gasteiger charge is -2.12. The molecule has 0 aliphatic heterocycles. The quantitative estimate of drug-likeness (QED) is 0.813. The summed E-state index contributed by atoms with van der Waals surface area (Å²) in [5.74, 6) is 0.461. The molecule has 0 heterocycles. The fourth-order valence-electron chi connectivity index (χ4n) is 3.00. The van der Waals surface area contributed by atoms with Crippen molar-refractivity contribution >= 4 is 21.6 Å². The van der Waals surface area contributed by atoms with Gasteiger partial charge in [-0.15, -0.1) is 0 Å². The van der Waals surface area contributed by atoms with Crippen LogP contribution in [0.5, 0.6) is 5.75 Å². The zero-order valence-corrected chi connectivity index (χ0v) is 15.4. The van der Waals surface area contributed by atoms with E-state index in [1.165, 1.54) is 19.2 Å². The van der Waals surface area contributed by atoms with Gasteiger partial charge in [-0.1, -0.05) is 12.8 Å². The third-order valence-corrected chi connectivity index (χ3v) is 5.86. The molecule has 0 bridgehead atoms. The predicted molar refractivity (Wildman–Crippen MR) is 100.0 cm³/mol. The molecule has 0 aromatic heterocycles. The van der Waals surface area contributed by atoms with E-state index >= 15 is 0 Å². The molecule has 1 aliphatic carbocycles. The molecule has 0 saturated heterocycles. The van der Waals surface area contributed by atoms with Crippen molar-refractivity contribution in [1.82, 2.24) is 5.32 Å². The van der Waals surface area contributed by atoms with Crippen molar-refractivity contribution in [2.24, 2.45) is 0 Å². The van der Waals surface area contributed by atoms with Crippen molar-refractivity contribution in [3.63, 3.8) is 0 Å². The van der Waals surface area contributed by atoms with Crippen LogP contribution in [0.15, 0.2) is 53.4 Å². The molecule has 1 aliphatic rings. The summed E-state index contributed by atoms with van der Waals surface area (Å²) in [6, 6.07) is 12.8. The third-order valence-electron chi connectivity index (χ3n) is 4.46. The minimum absolute atomic E-state index is 0.124. The Balaban J connectivity index is 1.66. The Bertz CT molecular complexity index is 855. The summed E-state index contributed by atoms with van der Waals surface area (Å²) >= 11 is 0. The summed E-state index contributed by atoms with van der Waals surface area (Å²) in [6.45, 7) is 0. The Labute approximate surface area is 153 Å². The van der Waals surface area contributed by atoms with Gasteiger partial charge >= 0.3 is 0 Å². The Morgan fingerprint density at radius 3 is 2.19 bits per heavy atom. The number of hydrogen-bond donors (Lipinski definition) is 2. The van der Waals surface area contributed by atoms with Crippen molar-refractivity contribution in [1.29, 1.82) is 0 Å². The number of ether oxygens (including phenoxy) is 1. The molecule has 0 spiro atoms. The van der Waals surface area contributed by atoms with Gasteiger partial charge in [0.2, 0.25) is 0 Å². The smallest absolute Gasteiger partial charge is 0.261 e. The second-order valence-electron chi connectivity index (χ2n) is 6.31. The van der Waals surface area contributed by atoms with Gasteiger partial charge in [0.1, 0.15) is 5.75 Å². The highest BCUT2D eigenvalue weighted by Gasteiger charge is 2.18. The van der Waals surface area contributed by atoms with E-state index < -0.39 is 10.0 Å². The van der Waals surface area contributed by atoms with Crippen molar-refractivity contribution in [3.05, 3.63) is 54.1 Å². The van der Waals surface area contributed by atoms with Crippen LogP contribution < -0.4 is 14.8 Å². The average molecular weight is 374 g/mol. The highest BCUT2D eigenvalue weighted by molar-refractivity contribution is 7.92. The Kier molecular flexibility index (Phi) is 5.46. The summed E-state index contributed by atoms with van der Waals surface area (Å²) in [4.78, 5) is 12.4. The maximum Gasteiger partial charge on any atom is 0.261 e. The molecule has 138 valence electrons. The van der Waals surface area contributed by atoms with Gasteiger partial charge in [0, 0.05) is 17.3 Å². The van der Waals surface area contributed by atoms with E-state index in [0.717, 1.165) is 25.7 Å². The molecule has 1 fully saturated rings. The number of amides is 1. The minimum atomic E-state index is -3.70. The number of rotatable bonds is 6. The van der Waals surface area contributed by atoms with Crippen LogP contribution >= 0.6 is 0 Å². The van der Waals surface area contributed by atoms with Gasteiger partial charge in [-0.2, -0.15) is 0 Å². The summed E-state index contributed by atoms with van der Waals surface area (Å²) in [5, 5.41) is 3.01. The Morgan fingerprint density at radius 1 is 1.00 bits per heavy atom. The summed E-state index contributed by atoms with van der Waals surface area (Å²) < 4.78 is 32.4. The molecule has 7 heteroatoms. The molecular formula is C19H22N2O4S. The molecule has 0 unspecified atom stereocenters. The first-order valence-corrected chi connectivity index (χ1v) is 10.0. The summed E-state index contributed by atoms with van der Waals surface area (Å²) in [6.07, 6.45) is 4.34. The van der Waals surface area contributed by atoms with E-state index in [1.807, 2.05) is 0 Å². The number of nitrogens with one attached hydrogen (secondary N) is 2. The number of sulfonamides is 1. The van der Waals surface area contributed by atoms with Crippen LogP contribution in [0.1, 0.15) is 36.0 Å². The van der Waals surface area contributed by atoms with E-state index in [4.69, 9.17) is 4.74 Å². The molecule has 2 N–H and O–H groups in total. The van der Waals surface area contributed by atoms with Gasteiger partial charge in [0.05, 0.1) is 12.0 Å². The standard InChI is InChI=1S/C19H22N2O4S/c1-25-17-10-12-18(13-11-17)26(23,24)21-16-8-6-14(7-9-16)19(22)20-15-4-2-3-5-15/h6-13,15,21H,2-5H2,1H3,(H,20,22). The Hall–Kier alpha value is -2.54. The highest BCUT2D eigenvalue weighted by Crippen LogP contribution is 2.21. The molecule has 26 heavy (non-hydrogen) atoms. The molecule has 0 atom stereocenters. The van der Waals surface area contributed by atoms with Crippen molar-refractivity contribution in [2.45, 2.75) is 36.6 Å². The van der Waals surface area contributed by atoms with Gasteiger partial charge < -0.3 is 10.1 Å². The van der Waals surface area contributed by atoms with Crippen LogP contribution in [-0.2, 0) is 10.0 Å². The molecule has 2 aromatic rings. The van der Waals surface area contributed by atoms with E-state index in [0.29, 0.717) is 17.0 Å². The van der Waals surface area contributed by atoms with Crippen LogP contribution in [-0.4, -0.2) is 27.5 Å². The van der Waals surface area contributed by atoms with Gasteiger partial charge in [0.25, 0.3) is 15.9 Å².